The largest absolute Gasteiger partial charge is 0.493 e. The van der Waals surface area contributed by atoms with Gasteiger partial charge in [-0.15, -0.1) is 0 Å². The standard InChI is InChI=1S/C15H22ClNO2/c1-10-8-13(18-2)15(19-3)12(14(10)16)9-11-6-4-5-7-17-11/h8,11,17H,4-7,9H2,1-3H3. The molecule has 1 aromatic carbocycles. The number of piperidine rings is 1. The topological polar surface area (TPSA) is 30.5 Å². The van der Waals surface area contributed by atoms with E-state index in [1.807, 2.05) is 13.0 Å². The molecule has 1 heterocycles. The lowest BCUT2D eigenvalue weighted by Gasteiger charge is -2.25. The molecule has 1 unspecified atom stereocenters. The van der Waals surface area contributed by atoms with E-state index in [0.717, 1.165) is 40.6 Å². The molecule has 1 aromatic rings. The summed E-state index contributed by atoms with van der Waals surface area (Å²) in [5.41, 5.74) is 2.09. The minimum Gasteiger partial charge on any atom is -0.493 e. The highest BCUT2D eigenvalue weighted by molar-refractivity contribution is 6.32. The first-order valence-corrected chi connectivity index (χ1v) is 7.18. The van der Waals surface area contributed by atoms with Crippen LogP contribution in [0, 0.1) is 6.92 Å². The molecular formula is C15H22ClNO2. The van der Waals surface area contributed by atoms with Crippen LogP contribution in [0.5, 0.6) is 11.5 Å². The maximum absolute atomic E-state index is 6.46. The van der Waals surface area contributed by atoms with Crippen molar-refractivity contribution < 1.29 is 9.47 Å². The molecule has 0 aliphatic carbocycles. The summed E-state index contributed by atoms with van der Waals surface area (Å²) in [5.74, 6) is 1.53. The molecule has 106 valence electrons. The van der Waals surface area contributed by atoms with E-state index in [4.69, 9.17) is 21.1 Å². The summed E-state index contributed by atoms with van der Waals surface area (Å²) in [5, 5.41) is 4.34. The third-order valence-corrected chi connectivity index (χ3v) is 4.27. The van der Waals surface area contributed by atoms with Gasteiger partial charge < -0.3 is 14.8 Å². The molecule has 1 aliphatic heterocycles. The molecule has 4 heteroatoms. The Morgan fingerprint density at radius 3 is 2.68 bits per heavy atom. The van der Waals surface area contributed by atoms with Crippen molar-refractivity contribution >= 4 is 11.6 Å². The van der Waals surface area contributed by atoms with E-state index in [1.54, 1.807) is 14.2 Å². The molecule has 1 saturated heterocycles. The molecule has 1 fully saturated rings. The summed E-state index contributed by atoms with van der Waals surface area (Å²) in [7, 11) is 3.33. The van der Waals surface area contributed by atoms with Gasteiger partial charge in [-0.05, 0) is 44.4 Å². The normalized spacial score (nSPS) is 19.3. The summed E-state index contributed by atoms with van der Waals surface area (Å²) in [6.45, 7) is 3.09. The summed E-state index contributed by atoms with van der Waals surface area (Å²) in [6.07, 6.45) is 4.62. The maximum atomic E-state index is 6.46. The number of benzene rings is 1. The third kappa shape index (κ3) is 3.15. The molecule has 1 atom stereocenters. The van der Waals surface area contributed by atoms with Crippen molar-refractivity contribution in [2.24, 2.45) is 0 Å². The molecule has 2 rings (SSSR count). The number of nitrogens with one attached hydrogen (secondary N) is 1. The quantitative estimate of drug-likeness (QED) is 0.919. The molecule has 0 bridgehead atoms. The van der Waals surface area contributed by atoms with Crippen LogP contribution in [0.15, 0.2) is 6.07 Å². The van der Waals surface area contributed by atoms with Crippen LogP contribution in [0.25, 0.3) is 0 Å². The van der Waals surface area contributed by atoms with Crippen molar-refractivity contribution in [1.82, 2.24) is 5.32 Å². The Hall–Kier alpha value is -0.930. The van der Waals surface area contributed by atoms with Gasteiger partial charge in [-0.3, -0.25) is 0 Å². The van der Waals surface area contributed by atoms with Gasteiger partial charge in [-0.2, -0.15) is 0 Å². The van der Waals surface area contributed by atoms with Gasteiger partial charge in [0.2, 0.25) is 0 Å². The van der Waals surface area contributed by atoms with Gasteiger partial charge in [0.25, 0.3) is 0 Å². The first kappa shape index (κ1) is 14.5. The van der Waals surface area contributed by atoms with Crippen LogP contribution in [0.3, 0.4) is 0 Å². The van der Waals surface area contributed by atoms with Gasteiger partial charge in [0.05, 0.1) is 19.2 Å². The highest BCUT2D eigenvalue weighted by Crippen LogP contribution is 2.39. The van der Waals surface area contributed by atoms with Crippen molar-refractivity contribution in [3.05, 3.63) is 22.2 Å². The Kier molecular flexibility index (Phi) is 4.94. The van der Waals surface area contributed by atoms with Crippen LogP contribution in [0.4, 0.5) is 0 Å². The molecule has 0 spiro atoms. The van der Waals surface area contributed by atoms with Gasteiger partial charge in [0.1, 0.15) is 0 Å². The molecule has 1 aliphatic rings. The van der Waals surface area contributed by atoms with E-state index in [0.29, 0.717) is 6.04 Å². The van der Waals surface area contributed by atoms with Crippen LogP contribution in [0.1, 0.15) is 30.4 Å². The van der Waals surface area contributed by atoms with Gasteiger partial charge >= 0.3 is 0 Å². The first-order valence-electron chi connectivity index (χ1n) is 6.80. The molecule has 0 aromatic heterocycles. The van der Waals surface area contributed by atoms with Crippen LogP contribution < -0.4 is 14.8 Å². The Bertz CT molecular complexity index is 442. The number of methoxy groups -OCH3 is 2. The minimum atomic E-state index is 0.478. The first-order chi connectivity index (χ1) is 9.17. The SMILES string of the molecule is COc1cc(C)c(Cl)c(CC2CCCCN2)c1OC. The second-order valence-corrected chi connectivity index (χ2v) is 5.45. The number of hydrogen-bond acceptors (Lipinski definition) is 3. The second kappa shape index (κ2) is 6.49. The van der Waals surface area contributed by atoms with Gasteiger partial charge in [-0.1, -0.05) is 18.0 Å². The van der Waals surface area contributed by atoms with E-state index in [1.165, 1.54) is 19.3 Å². The zero-order valence-electron chi connectivity index (χ0n) is 11.9. The predicted octanol–water partition coefficient (Wildman–Crippen LogP) is 3.35. The Labute approximate surface area is 120 Å². The van der Waals surface area contributed by atoms with Crippen LogP contribution in [-0.2, 0) is 6.42 Å². The average molecular weight is 284 g/mol. The van der Waals surface area contributed by atoms with E-state index >= 15 is 0 Å². The van der Waals surface area contributed by atoms with E-state index in [2.05, 4.69) is 5.32 Å². The highest BCUT2D eigenvalue weighted by atomic mass is 35.5. The van der Waals surface area contributed by atoms with Crippen molar-refractivity contribution in [3.63, 3.8) is 0 Å². The van der Waals surface area contributed by atoms with Gasteiger partial charge in [-0.25, -0.2) is 0 Å². The fourth-order valence-corrected chi connectivity index (χ4v) is 2.93. The van der Waals surface area contributed by atoms with Crippen LogP contribution >= 0.6 is 11.6 Å². The number of ether oxygens (including phenoxy) is 2. The van der Waals surface area contributed by atoms with E-state index in [-0.39, 0.29) is 0 Å². The zero-order valence-corrected chi connectivity index (χ0v) is 12.6. The lowest BCUT2D eigenvalue weighted by atomic mass is 9.96. The summed E-state index contributed by atoms with van der Waals surface area (Å²) < 4.78 is 10.9. The zero-order chi connectivity index (χ0) is 13.8. The van der Waals surface area contributed by atoms with Crippen molar-refractivity contribution in [1.29, 1.82) is 0 Å². The number of rotatable bonds is 4. The second-order valence-electron chi connectivity index (χ2n) is 5.07. The van der Waals surface area contributed by atoms with Crippen molar-refractivity contribution in [3.8, 4) is 11.5 Å². The van der Waals surface area contributed by atoms with Crippen LogP contribution in [0.2, 0.25) is 5.02 Å². The fraction of sp³-hybridized carbons (Fsp3) is 0.600. The molecule has 19 heavy (non-hydrogen) atoms. The predicted molar refractivity (Wildman–Crippen MR) is 78.6 cm³/mol. The van der Waals surface area contributed by atoms with Gasteiger partial charge in [0.15, 0.2) is 11.5 Å². The van der Waals surface area contributed by atoms with Gasteiger partial charge in [0, 0.05) is 11.6 Å². The average Bonchev–Trinajstić information content (AvgIpc) is 2.44. The maximum Gasteiger partial charge on any atom is 0.165 e. The smallest absolute Gasteiger partial charge is 0.165 e. The third-order valence-electron chi connectivity index (χ3n) is 3.74. The minimum absolute atomic E-state index is 0.478. The molecule has 0 radical (unpaired) electrons. The highest BCUT2D eigenvalue weighted by Gasteiger charge is 2.21. The van der Waals surface area contributed by atoms with Crippen molar-refractivity contribution in [2.75, 3.05) is 20.8 Å². The lowest BCUT2D eigenvalue weighted by molar-refractivity contribution is 0.345. The number of halogens is 1. The van der Waals surface area contributed by atoms with Crippen LogP contribution in [-0.4, -0.2) is 26.8 Å². The van der Waals surface area contributed by atoms with Crippen molar-refractivity contribution in [2.45, 2.75) is 38.6 Å². The molecular weight excluding hydrogens is 262 g/mol. The lowest BCUT2D eigenvalue weighted by Crippen LogP contribution is -2.35. The summed E-state index contributed by atoms with van der Waals surface area (Å²) in [4.78, 5) is 0. The number of aryl methyl sites for hydroxylation is 1. The molecule has 0 amide bonds. The van der Waals surface area contributed by atoms with E-state index < -0.39 is 0 Å². The Morgan fingerprint density at radius 2 is 2.11 bits per heavy atom. The Balaban J connectivity index is 2.33. The Morgan fingerprint density at radius 1 is 1.32 bits per heavy atom. The molecule has 1 N–H and O–H groups in total. The fourth-order valence-electron chi connectivity index (χ4n) is 2.71. The van der Waals surface area contributed by atoms with E-state index in [9.17, 15) is 0 Å². The molecule has 0 saturated carbocycles. The summed E-state index contributed by atoms with van der Waals surface area (Å²) >= 11 is 6.46. The monoisotopic (exact) mass is 283 g/mol. The summed E-state index contributed by atoms with van der Waals surface area (Å²) in [6, 6.07) is 2.41. The number of hydrogen-bond donors (Lipinski definition) is 1. The molecule has 3 nitrogen and oxygen atoms in total.